The van der Waals surface area contributed by atoms with Gasteiger partial charge < -0.3 is 9.47 Å². The van der Waals surface area contributed by atoms with Crippen molar-refractivity contribution in [2.75, 3.05) is 6.54 Å². The average molecular weight is 476 g/mol. The molecule has 0 unspecified atom stereocenters. The predicted molar refractivity (Wildman–Crippen MR) is 129 cm³/mol. The third-order valence-corrected chi connectivity index (χ3v) is 5.81. The van der Waals surface area contributed by atoms with Crippen molar-refractivity contribution in [3.05, 3.63) is 82.8 Å². The minimum Gasteiger partial charge on any atom is -0.462 e. The van der Waals surface area contributed by atoms with Crippen LogP contribution in [0, 0.1) is 0 Å². The van der Waals surface area contributed by atoms with Crippen LogP contribution in [-0.4, -0.2) is 40.6 Å². The topological polar surface area (TPSA) is 90.0 Å². The van der Waals surface area contributed by atoms with Crippen molar-refractivity contribution in [3.63, 3.8) is 0 Å². The molecular formula is C26H21NO6S. The summed E-state index contributed by atoms with van der Waals surface area (Å²) < 4.78 is 10.6. The Balaban J connectivity index is 1.50. The molecular weight excluding hydrogens is 454 g/mol. The molecule has 1 saturated heterocycles. The van der Waals surface area contributed by atoms with Crippen molar-refractivity contribution in [2.45, 2.75) is 20.0 Å². The lowest BCUT2D eigenvalue weighted by Crippen LogP contribution is -2.35. The second kappa shape index (κ2) is 9.93. The molecule has 0 N–H and O–H groups in total. The first-order chi connectivity index (χ1) is 16.3. The maximum absolute atomic E-state index is 12.8. The van der Waals surface area contributed by atoms with Gasteiger partial charge in [0, 0.05) is 0 Å². The summed E-state index contributed by atoms with van der Waals surface area (Å²) in [5.74, 6) is -1.43. The fourth-order valence-corrected chi connectivity index (χ4v) is 4.29. The molecule has 3 aromatic rings. The van der Waals surface area contributed by atoms with Gasteiger partial charge in [-0.05, 0) is 66.2 Å². The van der Waals surface area contributed by atoms with Gasteiger partial charge in [-0.15, -0.1) is 0 Å². The van der Waals surface area contributed by atoms with E-state index in [9.17, 15) is 19.2 Å². The number of imide groups is 1. The molecule has 1 aliphatic rings. The van der Waals surface area contributed by atoms with Gasteiger partial charge in [0.25, 0.3) is 11.1 Å². The maximum atomic E-state index is 12.8. The quantitative estimate of drug-likeness (QED) is 0.280. The van der Waals surface area contributed by atoms with Crippen LogP contribution in [0.4, 0.5) is 4.79 Å². The highest BCUT2D eigenvalue weighted by molar-refractivity contribution is 8.18. The summed E-state index contributed by atoms with van der Waals surface area (Å²) in [5, 5.41) is 1.17. The lowest BCUT2D eigenvalue weighted by molar-refractivity contribution is -0.149. The van der Waals surface area contributed by atoms with Crippen LogP contribution in [-0.2, 0) is 14.3 Å². The average Bonchev–Trinajstić information content (AvgIpc) is 3.05. The van der Waals surface area contributed by atoms with E-state index in [0.717, 1.165) is 27.4 Å². The Labute approximate surface area is 200 Å². The van der Waals surface area contributed by atoms with E-state index in [1.807, 2.05) is 30.3 Å². The molecule has 172 valence electrons. The number of hydrogen-bond acceptors (Lipinski definition) is 7. The molecule has 0 saturated carbocycles. The molecule has 8 heteroatoms. The van der Waals surface area contributed by atoms with E-state index < -0.39 is 29.6 Å². The van der Waals surface area contributed by atoms with E-state index in [2.05, 4.69) is 0 Å². The van der Waals surface area contributed by atoms with Crippen LogP contribution in [0.3, 0.4) is 0 Å². The highest BCUT2D eigenvalue weighted by Crippen LogP contribution is 2.32. The summed E-state index contributed by atoms with van der Waals surface area (Å²) in [4.78, 5) is 50.6. The van der Waals surface area contributed by atoms with E-state index >= 15 is 0 Å². The number of nitrogens with zero attached hydrogens (tertiary/aromatic N) is 1. The number of rotatable bonds is 6. The number of carbonyl (C=O) groups excluding carboxylic acids is 4. The fourth-order valence-electron chi connectivity index (χ4n) is 3.45. The molecule has 7 nitrogen and oxygen atoms in total. The molecule has 1 fully saturated rings. The number of fused-ring (bicyclic) bond motifs is 1. The van der Waals surface area contributed by atoms with E-state index in [4.69, 9.17) is 9.47 Å². The summed E-state index contributed by atoms with van der Waals surface area (Å²) in [6, 6.07) is 19.6. The molecule has 0 radical (unpaired) electrons. The van der Waals surface area contributed by atoms with Gasteiger partial charge in [0.05, 0.1) is 16.6 Å². The number of hydrogen-bond donors (Lipinski definition) is 0. The highest BCUT2D eigenvalue weighted by Gasteiger charge is 2.36. The van der Waals surface area contributed by atoms with Crippen LogP contribution >= 0.6 is 11.8 Å². The predicted octanol–water partition coefficient (Wildman–Crippen LogP) is 5.05. The van der Waals surface area contributed by atoms with Gasteiger partial charge in [0.15, 0.2) is 0 Å². The highest BCUT2D eigenvalue weighted by atomic mass is 32.2. The molecule has 0 aromatic heterocycles. The minimum absolute atomic E-state index is 0.167. The lowest BCUT2D eigenvalue weighted by Gasteiger charge is -2.13. The summed E-state index contributed by atoms with van der Waals surface area (Å²) in [6.07, 6.45) is 1.18. The van der Waals surface area contributed by atoms with Crippen LogP contribution in [0.25, 0.3) is 16.8 Å². The first kappa shape index (κ1) is 23.3. The summed E-state index contributed by atoms with van der Waals surface area (Å²) in [6.45, 7) is 2.93. The Morgan fingerprint density at radius 2 is 1.74 bits per heavy atom. The Bertz CT molecular complexity index is 1320. The van der Waals surface area contributed by atoms with Gasteiger partial charge in [-0.1, -0.05) is 48.5 Å². The van der Waals surface area contributed by atoms with Gasteiger partial charge >= 0.3 is 11.9 Å². The Morgan fingerprint density at radius 1 is 1.00 bits per heavy atom. The van der Waals surface area contributed by atoms with Crippen molar-refractivity contribution >= 4 is 51.7 Å². The SMILES string of the molecule is CC(C)OC(=O)CN1C(=O)S/C(=C\c2cccc(OC(=O)c3cccc4ccccc34)c2)C1=O. The van der Waals surface area contributed by atoms with Crippen molar-refractivity contribution in [3.8, 4) is 5.75 Å². The summed E-state index contributed by atoms with van der Waals surface area (Å²) >= 11 is 0.739. The molecule has 0 spiro atoms. The van der Waals surface area contributed by atoms with E-state index in [1.54, 1.807) is 50.2 Å². The van der Waals surface area contributed by atoms with Crippen LogP contribution in [0.15, 0.2) is 71.6 Å². The maximum Gasteiger partial charge on any atom is 0.344 e. The number of esters is 2. The molecule has 2 amide bonds. The summed E-state index contributed by atoms with van der Waals surface area (Å²) in [7, 11) is 0. The third-order valence-electron chi connectivity index (χ3n) is 4.90. The van der Waals surface area contributed by atoms with Crippen molar-refractivity contribution in [2.24, 2.45) is 0 Å². The zero-order valence-electron chi connectivity index (χ0n) is 18.5. The monoisotopic (exact) mass is 475 g/mol. The molecule has 0 bridgehead atoms. The number of carbonyl (C=O) groups is 4. The standard InChI is InChI=1S/C26H21NO6S/c1-16(2)32-23(28)15-27-24(29)22(34-26(27)31)14-17-7-5-10-19(13-17)33-25(30)21-12-6-9-18-8-3-4-11-20(18)21/h3-14,16H,15H2,1-2H3/b22-14-. The third kappa shape index (κ3) is 5.18. The first-order valence-electron chi connectivity index (χ1n) is 10.6. The van der Waals surface area contributed by atoms with Crippen LogP contribution in [0.1, 0.15) is 29.8 Å². The first-order valence-corrected chi connectivity index (χ1v) is 11.4. The lowest BCUT2D eigenvalue weighted by atomic mass is 10.0. The van der Waals surface area contributed by atoms with Gasteiger partial charge in [-0.2, -0.15) is 0 Å². The van der Waals surface area contributed by atoms with Gasteiger partial charge in [-0.3, -0.25) is 19.3 Å². The molecule has 0 atom stereocenters. The fraction of sp³-hybridized carbons (Fsp3) is 0.154. The Morgan fingerprint density at radius 3 is 2.53 bits per heavy atom. The van der Waals surface area contributed by atoms with Crippen molar-refractivity contribution < 1.29 is 28.7 Å². The minimum atomic E-state index is -0.652. The molecule has 1 aliphatic heterocycles. The number of ether oxygens (including phenoxy) is 2. The Kier molecular flexibility index (Phi) is 6.79. The normalized spacial score (nSPS) is 14.8. The second-order valence-electron chi connectivity index (χ2n) is 7.80. The van der Waals surface area contributed by atoms with Gasteiger partial charge in [0.1, 0.15) is 12.3 Å². The van der Waals surface area contributed by atoms with Crippen LogP contribution in [0.5, 0.6) is 5.75 Å². The Hall–Kier alpha value is -3.91. The molecule has 4 rings (SSSR count). The second-order valence-corrected chi connectivity index (χ2v) is 8.79. The largest absolute Gasteiger partial charge is 0.462 e. The van der Waals surface area contributed by atoms with E-state index in [-0.39, 0.29) is 11.0 Å². The number of amides is 2. The molecule has 34 heavy (non-hydrogen) atoms. The van der Waals surface area contributed by atoms with Crippen molar-refractivity contribution in [1.29, 1.82) is 0 Å². The van der Waals surface area contributed by atoms with E-state index in [1.165, 1.54) is 6.08 Å². The molecule has 0 aliphatic carbocycles. The molecule has 3 aromatic carbocycles. The molecule has 1 heterocycles. The van der Waals surface area contributed by atoms with Crippen molar-refractivity contribution in [1.82, 2.24) is 4.90 Å². The van der Waals surface area contributed by atoms with Crippen LogP contribution < -0.4 is 4.74 Å². The zero-order chi connectivity index (χ0) is 24.2. The number of thioether (sulfide) groups is 1. The smallest absolute Gasteiger partial charge is 0.344 e. The van der Waals surface area contributed by atoms with E-state index in [0.29, 0.717) is 16.9 Å². The van der Waals surface area contributed by atoms with Crippen LogP contribution in [0.2, 0.25) is 0 Å². The zero-order valence-corrected chi connectivity index (χ0v) is 19.3. The van der Waals surface area contributed by atoms with Gasteiger partial charge in [0.2, 0.25) is 0 Å². The summed E-state index contributed by atoms with van der Waals surface area (Å²) in [5.41, 5.74) is 1.01. The number of benzene rings is 3. The van der Waals surface area contributed by atoms with Gasteiger partial charge in [-0.25, -0.2) is 4.79 Å².